The first-order valence-corrected chi connectivity index (χ1v) is 4.13. The van der Waals surface area contributed by atoms with Gasteiger partial charge in [0.1, 0.15) is 5.82 Å². The molecule has 76 valence electrons. The Hall–Kier alpha value is -1.03. The molecule has 1 nitrogen and oxygen atoms in total. The Morgan fingerprint density at radius 3 is 2.50 bits per heavy atom. The van der Waals surface area contributed by atoms with E-state index in [1.807, 2.05) is 0 Å². The molecule has 0 amide bonds. The normalized spacial score (nSPS) is 10.6. The summed E-state index contributed by atoms with van der Waals surface area (Å²) in [4.78, 5) is 10.4. The summed E-state index contributed by atoms with van der Waals surface area (Å²) in [6, 6.07) is 2.92. The van der Waals surface area contributed by atoms with E-state index in [-0.39, 0.29) is 12.0 Å². The monoisotopic (exact) mass is 222 g/mol. The second-order valence-electron chi connectivity index (χ2n) is 2.68. The summed E-state index contributed by atoms with van der Waals surface area (Å²) in [5.41, 5.74) is -0.386. The second-order valence-corrected chi connectivity index (χ2v) is 3.11. The summed E-state index contributed by atoms with van der Waals surface area (Å²) in [6.07, 6.45) is -3.01. The molecule has 1 aromatic rings. The lowest BCUT2D eigenvalue weighted by atomic mass is 10.1. The van der Waals surface area contributed by atoms with E-state index < -0.39 is 23.0 Å². The van der Waals surface area contributed by atoms with Gasteiger partial charge >= 0.3 is 0 Å². The van der Waals surface area contributed by atoms with Gasteiger partial charge in [-0.25, -0.2) is 13.2 Å². The topological polar surface area (TPSA) is 17.1 Å². The first-order chi connectivity index (χ1) is 6.50. The Bertz CT molecular complexity index is 352. The van der Waals surface area contributed by atoms with Crippen molar-refractivity contribution in [1.29, 1.82) is 0 Å². The lowest BCUT2D eigenvalue weighted by Crippen LogP contribution is -1.98. The van der Waals surface area contributed by atoms with Crippen LogP contribution in [0.1, 0.15) is 17.6 Å². The molecule has 0 radical (unpaired) electrons. The van der Waals surface area contributed by atoms with Gasteiger partial charge in [-0.05, 0) is 23.2 Å². The van der Waals surface area contributed by atoms with Gasteiger partial charge in [0.25, 0.3) is 6.43 Å². The average molecular weight is 223 g/mol. The molecule has 0 aliphatic heterocycles. The third-order valence-corrected chi connectivity index (χ3v) is 1.79. The van der Waals surface area contributed by atoms with Crippen LogP contribution < -0.4 is 0 Å². The molecular formula is C9H6ClF3O. The van der Waals surface area contributed by atoms with Crippen LogP contribution in [0.3, 0.4) is 0 Å². The fourth-order valence-corrected chi connectivity index (χ4v) is 1.14. The van der Waals surface area contributed by atoms with Crippen LogP contribution in [0.4, 0.5) is 13.2 Å². The van der Waals surface area contributed by atoms with Gasteiger partial charge in [-0.3, -0.25) is 4.79 Å². The summed E-state index contributed by atoms with van der Waals surface area (Å²) in [7, 11) is 0. The smallest absolute Gasteiger partial charge is 0.263 e. The van der Waals surface area contributed by atoms with Gasteiger partial charge in [-0.1, -0.05) is 12.1 Å². The van der Waals surface area contributed by atoms with Crippen LogP contribution in [0.15, 0.2) is 18.2 Å². The molecule has 0 atom stereocenters. The molecule has 0 bridgehead atoms. The van der Waals surface area contributed by atoms with Gasteiger partial charge in [-0.2, -0.15) is 0 Å². The number of carbonyl (C=O) groups excluding carboxylic acids is 1. The van der Waals surface area contributed by atoms with Crippen molar-refractivity contribution in [3.63, 3.8) is 0 Å². The van der Waals surface area contributed by atoms with E-state index in [0.29, 0.717) is 6.07 Å². The van der Waals surface area contributed by atoms with Crippen LogP contribution in [0.5, 0.6) is 0 Å². The van der Waals surface area contributed by atoms with E-state index in [9.17, 15) is 18.0 Å². The summed E-state index contributed by atoms with van der Waals surface area (Å²) in [5, 5.41) is -0.728. The van der Waals surface area contributed by atoms with Gasteiger partial charge in [0.2, 0.25) is 5.24 Å². The summed E-state index contributed by atoms with van der Waals surface area (Å²) in [6.45, 7) is 0. The maximum absolute atomic E-state index is 13.0. The average Bonchev–Trinajstić information content (AvgIpc) is 2.07. The number of carbonyl (C=O) groups is 1. The van der Waals surface area contributed by atoms with Gasteiger partial charge in [0, 0.05) is 12.0 Å². The molecule has 1 aromatic carbocycles. The van der Waals surface area contributed by atoms with Crippen molar-refractivity contribution >= 4 is 16.8 Å². The Kier molecular flexibility index (Phi) is 3.52. The van der Waals surface area contributed by atoms with Crippen LogP contribution in [0.25, 0.3) is 0 Å². The first kappa shape index (κ1) is 11.0. The minimum absolute atomic E-state index is 0.0226. The first-order valence-electron chi connectivity index (χ1n) is 3.75. The van der Waals surface area contributed by atoms with Crippen LogP contribution in [-0.2, 0) is 11.2 Å². The zero-order valence-electron chi connectivity index (χ0n) is 6.94. The number of benzene rings is 1. The van der Waals surface area contributed by atoms with Crippen molar-refractivity contribution in [2.24, 2.45) is 0 Å². The minimum Gasteiger partial charge on any atom is -0.281 e. The number of hydrogen-bond acceptors (Lipinski definition) is 1. The molecule has 0 heterocycles. The van der Waals surface area contributed by atoms with Crippen molar-refractivity contribution in [1.82, 2.24) is 0 Å². The van der Waals surface area contributed by atoms with Crippen LogP contribution >= 0.6 is 11.6 Å². The summed E-state index contributed by atoms with van der Waals surface area (Å²) >= 11 is 5.03. The molecule has 0 N–H and O–H groups in total. The Morgan fingerprint density at radius 2 is 2.07 bits per heavy atom. The molecule has 0 aromatic heterocycles. The highest BCUT2D eigenvalue weighted by atomic mass is 35.5. The van der Waals surface area contributed by atoms with Gasteiger partial charge < -0.3 is 0 Å². The van der Waals surface area contributed by atoms with E-state index in [1.54, 1.807) is 0 Å². The lowest BCUT2D eigenvalue weighted by molar-refractivity contribution is -0.111. The van der Waals surface area contributed by atoms with Crippen LogP contribution in [0, 0.1) is 5.82 Å². The SMILES string of the molecule is O=C(Cl)Cc1ccc(C(F)F)cc1F. The highest BCUT2D eigenvalue weighted by molar-refractivity contribution is 6.63. The van der Waals surface area contributed by atoms with Crippen LogP contribution in [0.2, 0.25) is 0 Å². The fraction of sp³-hybridized carbons (Fsp3) is 0.222. The van der Waals surface area contributed by atoms with E-state index in [2.05, 4.69) is 0 Å². The van der Waals surface area contributed by atoms with Gasteiger partial charge in [0.15, 0.2) is 0 Å². The van der Waals surface area contributed by atoms with Crippen molar-refractivity contribution < 1.29 is 18.0 Å². The number of rotatable bonds is 3. The number of hydrogen-bond donors (Lipinski definition) is 0. The molecule has 0 saturated heterocycles. The lowest BCUT2D eigenvalue weighted by Gasteiger charge is -2.03. The van der Waals surface area contributed by atoms with E-state index in [4.69, 9.17) is 11.6 Å². The van der Waals surface area contributed by atoms with E-state index in [0.717, 1.165) is 12.1 Å². The number of alkyl halides is 2. The van der Waals surface area contributed by atoms with Crippen molar-refractivity contribution in [3.05, 3.63) is 35.1 Å². The molecular weight excluding hydrogens is 217 g/mol. The molecule has 0 spiro atoms. The zero-order chi connectivity index (χ0) is 10.7. The molecule has 1 rings (SSSR count). The third kappa shape index (κ3) is 2.73. The van der Waals surface area contributed by atoms with Crippen molar-refractivity contribution in [2.45, 2.75) is 12.8 Å². The fourth-order valence-electron chi connectivity index (χ4n) is 0.992. The number of halogens is 4. The quantitative estimate of drug-likeness (QED) is 0.719. The molecule has 5 heteroatoms. The third-order valence-electron chi connectivity index (χ3n) is 1.66. The standard InChI is InChI=1S/C9H6ClF3O/c10-8(14)4-5-1-2-6(9(12)13)3-7(5)11/h1-3,9H,4H2. The molecule has 0 saturated carbocycles. The highest BCUT2D eigenvalue weighted by Gasteiger charge is 2.11. The molecule has 0 aliphatic rings. The summed E-state index contributed by atoms with van der Waals surface area (Å²) in [5.74, 6) is -0.836. The molecule has 0 fully saturated rings. The van der Waals surface area contributed by atoms with Crippen molar-refractivity contribution in [2.75, 3.05) is 0 Å². The molecule has 0 unspecified atom stereocenters. The van der Waals surface area contributed by atoms with E-state index >= 15 is 0 Å². The predicted molar refractivity (Wildman–Crippen MR) is 45.9 cm³/mol. The summed E-state index contributed by atoms with van der Waals surface area (Å²) < 4.78 is 37.2. The zero-order valence-corrected chi connectivity index (χ0v) is 7.69. The second kappa shape index (κ2) is 4.46. The Labute approximate surface area is 83.5 Å². The minimum atomic E-state index is -2.72. The predicted octanol–water partition coefficient (Wildman–Crippen LogP) is 3.07. The van der Waals surface area contributed by atoms with E-state index in [1.165, 1.54) is 0 Å². The Balaban J connectivity index is 2.95. The molecule has 14 heavy (non-hydrogen) atoms. The van der Waals surface area contributed by atoms with Crippen molar-refractivity contribution in [3.8, 4) is 0 Å². The Morgan fingerprint density at radius 1 is 1.43 bits per heavy atom. The molecule has 0 aliphatic carbocycles. The maximum Gasteiger partial charge on any atom is 0.263 e. The maximum atomic E-state index is 13.0. The van der Waals surface area contributed by atoms with Gasteiger partial charge in [-0.15, -0.1) is 0 Å². The van der Waals surface area contributed by atoms with Crippen LogP contribution in [-0.4, -0.2) is 5.24 Å². The van der Waals surface area contributed by atoms with Gasteiger partial charge in [0.05, 0.1) is 0 Å². The largest absolute Gasteiger partial charge is 0.281 e. The highest BCUT2D eigenvalue weighted by Crippen LogP contribution is 2.21.